The number of carbonyl (C=O) groups is 1. The predicted molar refractivity (Wildman–Crippen MR) is 86.3 cm³/mol. The summed E-state index contributed by atoms with van der Waals surface area (Å²) in [5.41, 5.74) is 0.512. The Kier molecular flexibility index (Phi) is 3.42. The maximum atomic E-state index is 12.0. The molecule has 2 aliphatic heterocycles. The lowest BCUT2D eigenvalue weighted by atomic mass is 10.1. The van der Waals surface area contributed by atoms with Gasteiger partial charge in [0.2, 0.25) is 18.4 Å². The Bertz CT molecular complexity index is 949. The van der Waals surface area contributed by atoms with Gasteiger partial charge in [0.1, 0.15) is 0 Å². The molecule has 2 heterocycles. The number of nitrogens with zero attached hydrogens (tertiary/aromatic N) is 2. The van der Waals surface area contributed by atoms with Crippen molar-refractivity contribution in [3.63, 3.8) is 0 Å². The zero-order valence-corrected chi connectivity index (χ0v) is 12.7. The third-order valence-electron chi connectivity index (χ3n) is 3.66. The summed E-state index contributed by atoms with van der Waals surface area (Å²) in [5, 5.41) is 11.4. The third-order valence-corrected chi connectivity index (χ3v) is 3.66. The Morgan fingerprint density at radius 1 is 1.12 bits per heavy atom. The number of hydrogen-bond donors (Lipinski definition) is 0. The standard InChI is InChI=1S/C17H10N2O6/c20-17-12(18-16(25-17)10-4-2-1-3-5-10)8-11-6-7-13-15(24-9-23-13)14(11)19(21)22/h1-8H,9H2/b12-8-. The van der Waals surface area contributed by atoms with Crippen LogP contribution in [0.15, 0.2) is 53.2 Å². The van der Waals surface area contributed by atoms with Crippen molar-refractivity contribution in [1.29, 1.82) is 0 Å². The van der Waals surface area contributed by atoms with Gasteiger partial charge in [-0.05, 0) is 30.3 Å². The molecule has 25 heavy (non-hydrogen) atoms. The Balaban J connectivity index is 1.78. The molecule has 0 spiro atoms. The Labute approximate surface area is 141 Å². The molecule has 8 heteroatoms. The minimum atomic E-state index is -0.675. The van der Waals surface area contributed by atoms with E-state index in [1.165, 1.54) is 12.1 Å². The molecule has 0 amide bonds. The van der Waals surface area contributed by atoms with Crippen LogP contribution < -0.4 is 9.47 Å². The van der Waals surface area contributed by atoms with E-state index in [0.29, 0.717) is 5.56 Å². The second kappa shape index (κ2) is 5.75. The minimum Gasteiger partial charge on any atom is -0.453 e. The second-order valence-electron chi connectivity index (χ2n) is 5.20. The molecule has 0 radical (unpaired) electrons. The van der Waals surface area contributed by atoms with E-state index < -0.39 is 10.9 Å². The summed E-state index contributed by atoms with van der Waals surface area (Å²) in [4.78, 5) is 27.0. The van der Waals surface area contributed by atoms with Gasteiger partial charge in [-0.2, -0.15) is 0 Å². The number of cyclic esters (lactones) is 1. The first-order chi connectivity index (χ1) is 12.1. The number of esters is 1. The van der Waals surface area contributed by atoms with E-state index in [2.05, 4.69) is 4.99 Å². The number of rotatable bonds is 3. The summed E-state index contributed by atoms with van der Waals surface area (Å²) < 4.78 is 15.5. The van der Waals surface area contributed by atoms with Crippen molar-refractivity contribution in [2.24, 2.45) is 4.99 Å². The molecule has 0 fully saturated rings. The number of carbonyl (C=O) groups excluding carboxylic acids is 1. The van der Waals surface area contributed by atoms with Crippen LogP contribution in [0.25, 0.3) is 6.08 Å². The molecule has 8 nitrogen and oxygen atoms in total. The maximum Gasteiger partial charge on any atom is 0.363 e. The topological polar surface area (TPSA) is 100 Å². The fourth-order valence-electron chi connectivity index (χ4n) is 2.54. The average molecular weight is 338 g/mol. The van der Waals surface area contributed by atoms with E-state index in [-0.39, 0.29) is 41.1 Å². The van der Waals surface area contributed by atoms with Gasteiger partial charge in [-0.15, -0.1) is 0 Å². The van der Waals surface area contributed by atoms with E-state index in [4.69, 9.17) is 14.2 Å². The highest BCUT2D eigenvalue weighted by Crippen LogP contribution is 2.43. The van der Waals surface area contributed by atoms with Gasteiger partial charge in [0.25, 0.3) is 0 Å². The smallest absolute Gasteiger partial charge is 0.363 e. The molecule has 2 aliphatic rings. The first-order valence-electron chi connectivity index (χ1n) is 7.28. The predicted octanol–water partition coefficient (Wildman–Crippen LogP) is 2.67. The van der Waals surface area contributed by atoms with Crippen molar-refractivity contribution in [1.82, 2.24) is 0 Å². The van der Waals surface area contributed by atoms with Crippen LogP contribution in [0, 0.1) is 10.1 Å². The highest BCUT2D eigenvalue weighted by atomic mass is 16.7. The van der Waals surface area contributed by atoms with Gasteiger partial charge in [0.05, 0.1) is 10.5 Å². The summed E-state index contributed by atoms with van der Waals surface area (Å²) in [5.74, 6) is -0.194. The van der Waals surface area contributed by atoms with E-state index in [1.807, 2.05) is 6.07 Å². The molecular formula is C17H10N2O6. The highest BCUT2D eigenvalue weighted by Gasteiger charge is 2.31. The molecule has 0 unspecified atom stereocenters. The van der Waals surface area contributed by atoms with Crippen LogP contribution in [-0.4, -0.2) is 23.6 Å². The molecule has 0 atom stereocenters. The molecule has 2 aromatic rings. The van der Waals surface area contributed by atoms with E-state index in [9.17, 15) is 14.9 Å². The normalized spacial score (nSPS) is 16.7. The van der Waals surface area contributed by atoms with Crippen molar-refractivity contribution in [3.05, 3.63) is 69.4 Å². The Morgan fingerprint density at radius 3 is 2.68 bits per heavy atom. The average Bonchev–Trinajstić information content (AvgIpc) is 3.22. The molecule has 0 aliphatic carbocycles. The van der Waals surface area contributed by atoms with E-state index >= 15 is 0 Å². The Morgan fingerprint density at radius 2 is 1.92 bits per heavy atom. The van der Waals surface area contributed by atoms with Crippen LogP contribution in [0.2, 0.25) is 0 Å². The molecule has 0 aromatic heterocycles. The molecule has 0 saturated heterocycles. The monoisotopic (exact) mass is 338 g/mol. The van der Waals surface area contributed by atoms with E-state index in [1.54, 1.807) is 30.3 Å². The SMILES string of the molecule is O=C1OC(c2ccccc2)=N/C1=C\c1ccc2c(c1[N+](=O)[O-])OCO2. The van der Waals surface area contributed by atoms with Crippen molar-refractivity contribution >= 4 is 23.6 Å². The van der Waals surface area contributed by atoms with Gasteiger partial charge in [-0.1, -0.05) is 18.2 Å². The van der Waals surface area contributed by atoms with Crippen LogP contribution in [0.4, 0.5) is 5.69 Å². The van der Waals surface area contributed by atoms with Crippen LogP contribution >= 0.6 is 0 Å². The molecule has 0 saturated carbocycles. The molecule has 0 bridgehead atoms. The number of nitro groups is 1. The first kappa shape index (κ1) is 14.9. The zero-order chi connectivity index (χ0) is 17.4. The fraction of sp³-hybridized carbons (Fsp3) is 0.0588. The van der Waals surface area contributed by atoms with Crippen molar-refractivity contribution in [2.75, 3.05) is 6.79 Å². The van der Waals surface area contributed by atoms with Gasteiger partial charge in [-0.25, -0.2) is 9.79 Å². The number of ether oxygens (including phenoxy) is 3. The highest BCUT2D eigenvalue weighted by molar-refractivity contribution is 6.13. The number of benzene rings is 2. The lowest BCUT2D eigenvalue weighted by Crippen LogP contribution is -2.05. The number of hydrogen-bond acceptors (Lipinski definition) is 7. The maximum absolute atomic E-state index is 12.0. The quantitative estimate of drug-likeness (QED) is 0.369. The van der Waals surface area contributed by atoms with Crippen LogP contribution in [0.1, 0.15) is 11.1 Å². The largest absolute Gasteiger partial charge is 0.453 e. The minimum absolute atomic E-state index is 0.0270. The van der Waals surface area contributed by atoms with Gasteiger partial charge in [0.15, 0.2) is 11.4 Å². The number of nitro benzene ring substituents is 1. The van der Waals surface area contributed by atoms with Crippen molar-refractivity contribution in [2.45, 2.75) is 0 Å². The van der Waals surface area contributed by atoms with Crippen LogP contribution in [-0.2, 0) is 9.53 Å². The molecule has 4 rings (SSSR count). The second-order valence-corrected chi connectivity index (χ2v) is 5.20. The van der Waals surface area contributed by atoms with Crippen LogP contribution in [0.5, 0.6) is 11.5 Å². The summed E-state index contributed by atoms with van der Waals surface area (Å²) >= 11 is 0. The number of fused-ring (bicyclic) bond motifs is 1. The van der Waals surface area contributed by atoms with Crippen molar-refractivity contribution in [3.8, 4) is 11.5 Å². The first-order valence-corrected chi connectivity index (χ1v) is 7.28. The molecule has 0 N–H and O–H groups in total. The zero-order valence-electron chi connectivity index (χ0n) is 12.7. The summed E-state index contributed by atoms with van der Waals surface area (Å²) in [6.45, 7) is -0.0887. The van der Waals surface area contributed by atoms with Gasteiger partial charge in [-0.3, -0.25) is 10.1 Å². The molecule has 2 aromatic carbocycles. The van der Waals surface area contributed by atoms with Gasteiger partial charge < -0.3 is 14.2 Å². The molecular weight excluding hydrogens is 328 g/mol. The van der Waals surface area contributed by atoms with Crippen LogP contribution in [0.3, 0.4) is 0 Å². The summed E-state index contributed by atoms with van der Waals surface area (Å²) in [6.07, 6.45) is 1.30. The van der Waals surface area contributed by atoms with E-state index in [0.717, 1.165) is 0 Å². The van der Waals surface area contributed by atoms with Crippen molar-refractivity contribution < 1.29 is 23.9 Å². The third kappa shape index (κ3) is 2.59. The Hall–Kier alpha value is -3.68. The summed E-state index contributed by atoms with van der Waals surface area (Å²) in [7, 11) is 0. The fourth-order valence-corrected chi connectivity index (χ4v) is 2.54. The lowest BCUT2D eigenvalue weighted by Gasteiger charge is -2.01. The van der Waals surface area contributed by atoms with Gasteiger partial charge >= 0.3 is 11.7 Å². The van der Waals surface area contributed by atoms with Gasteiger partial charge in [0, 0.05) is 5.56 Å². The lowest BCUT2D eigenvalue weighted by molar-refractivity contribution is -0.385. The number of aliphatic imine (C=N–C) groups is 1. The molecule has 124 valence electrons. The summed E-state index contributed by atoms with van der Waals surface area (Å²) in [6, 6.07) is 11.9.